The van der Waals surface area contributed by atoms with E-state index < -0.39 is 5.60 Å². The fraction of sp³-hybridized carbons (Fsp3) is 0.538. The molecule has 2 N–H and O–H groups in total. The fourth-order valence-corrected chi connectivity index (χ4v) is 1.99. The van der Waals surface area contributed by atoms with Gasteiger partial charge in [0.05, 0.1) is 11.2 Å². The molecular formula is C13H18N2O3. The van der Waals surface area contributed by atoms with Crippen molar-refractivity contribution in [2.24, 2.45) is 0 Å². The maximum Gasteiger partial charge on any atom is 0.253 e. The van der Waals surface area contributed by atoms with Crippen LogP contribution in [-0.2, 0) is 4.74 Å². The number of hydrogen-bond acceptors (Lipinski definition) is 4. The smallest absolute Gasteiger partial charge is 0.253 e. The number of carbonyl (C=O) groups is 1. The molecule has 18 heavy (non-hydrogen) atoms. The Morgan fingerprint density at radius 3 is 2.94 bits per heavy atom. The van der Waals surface area contributed by atoms with E-state index in [2.05, 4.69) is 10.3 Å². The second-order valence-electron chi connectivity index (χ2n) is 4.66. The third-order valence-electron chi connectivity index (χ3n) is 3.25. The monoisotopic (exact) mass is 250 g/mol. The van der Waals surface area contributed by atoms with Crippen LogP contribution in [0.4, 0.5) is 0 Å². The zero-order valence-electron chi connectivity index (χ0n) is 10.5. The number of aliphatic hydroxyl groups is 1. The molecule has 0 aliphatic carbocycles. The summed E-state index contributed by atoms with van der Waals surface area (Å²) in [5, 5.41) is 13.0. The first kappa shape index (κ1) is 13.0. The normalized spacial score (nSPS) is 18.3. The fourth-order valence-electron chi connectivity index (χ4n) is 1.99. The van der Waals surface area contributed by atoms with Gasteiger partial charge in [-0.2, -0.15) is 0 Å². The van der Waals surface area contributed by atoms with Gasteiger partial charge in [0.15, 0.2) is 0 Å². The van der Waals surface area contributed by atoms with E-state index in [1.807, 2.05) is 0 Å². The molecular weight excluding hydrogens is 232 g/mol. The van der Waals surface area contributed by atoms with Crippen LogP contribution in [0.5, 0.6) is 0 Å². The van der Waals surface area contributed by atoms with Gasteiger partial charge in [0.1, 0.15) is 0 Å². The lowest BCUT2D eigenvalue weighted by Gasteiger charge is -2.32. The molecule has 2 rings (SSSR count). The summed E-state index contributed by atoms with van der Waals surface area (Å²) in [6.45, 7) is 3.12. The Bertz CT molecular complexity index is 428. The number of rotatable bonds is 3. The maximum atomic E-state index is 12.0. The first-order chi connectivity index (χ1) is 8.61. The standard InChI is InChI=1S/C13H18N2O3/c1-10-11(3-2-6-14-10)12(16)15-9-13(17)4-7-18-8-5-13/h2-3,6,17H,4-5,7-9H2,1H3,(H,15,16). The highest BCUT2D eigenvalue weighted by Gasteiger charge is 2.30. The van der Waals surface area contributed by atoms with Gasteiger partial charge < -0.3 is 15.2 Å². The molecule has 0 aromatic carbocycles. The molecule has 98 valence electrons. The van der Waals surface area contributed by atoms with Gasteiger partial charge in [-0.05, 0) is 19.1 Å². The predicted octanol–water partition coefficient (Wildman–Crippen LogP) is 0.661. The molecule has 0 saturated carbocycles. The van der Waals surface area contributed by atoms with Gasteiger partial charge in [0, 0.05) is 44.5 Å². The molecule has 0 spiro atoms. The van der Waals surface area contributed by atoms with Crippen molar-refractivity contribution in [2.75, 3.05) is 19.8 Å². The van der Waals surface area contributed by atoms with Crippen LogP contribution < -0.4 is 5.32 Å². The molecule has 0 bridgehead atoms. The number of aryl methyl sites for hydroxylation is 1. The highest BCUT2D eigenvalue weighted by molar-refractivity contribution is 5.95. The Labute approximate surface area is 106 Å². The first-order valence-electron chi connectivity index (χ1n) is 6.11. The number of pyridine rings is 1. The van der Waals surface area contributed by atoms with Gasteiger partial charge >= 0.3 is 0 Å². The average molecular weight is 250 g/mol. The third kappa shape index (κ3) is 3.05. The molecule has 5 nitrogen and oxygen atoms in total. The zero-order chi connectivity index (χ0) is 13.0. The minimum Gasteiger partial charge on any atom is -0.388 e. The maximum absolute atomic E-state index is 12.0. The van der Waals surface area contributed by atoms with E-state index in [9.17, 15) is 9.90 Å². The highest BCUT2D eigenvalue weighted by Crippen LogP contribution is 2.19. The molecule has 1 aromatic rings. The second kappa shape index (κ2) is 5.46. The van der Waals surface area contributed by atoms with Crippen LogP contribution in [0, 0.1) is 6.92 Å². The number of carbonyl (C=O) groups excluding carboxylic acids is 1. The van der Waals surface area contributed by atoms with E-state index in [1.165, 1.54) is 0 Å². The number of aromatic nitrogens is 1. The summed E-state index contributed by atoms with van der Waals surface area (Å²) in [6.07, 6.45) is 2.76. The van der Waals surface area contributed by atoms with Crippen LogP contribution in [0.15, 0.2) is 18.3 Å². The van der Waals surface area contributed by atoms with Gasteiger partial charge in [-0.15, -0.1) is 0 Å². The molecule has 0 atom stereocenters. The molecule has 1 saturated heterocycles. The van der Waals surface area contributed by atoms with Crippen molar-refractivity contribution in [3.63, 3.8) is 0 Å². The van der Waals surface area contributed by atoms with Gasteiger partial charge in [-0.25, -0.2) is 0 Å². The van der Waals surface area contributed by atoms with Crippen molar-refractivity contribution < 1.29 is 14.6 Å². The number of amides is 1. The zero-order valence-corrected chi connectivity index (χ0v) is 10.5. The van der Waals surface area contributed by atoms with Gasteiger partial charge in [-0.3, -0.25) is 9.78 Å². The Morgan fingerprint density at radius 1 is 1.56 bits per heavy atom. The summed E-state index contributed by atoms with van der Waals surface area (Å²) in [7, 11) is 0. The molecule has 1 fully saturated rings. The van der Waals surface area contributed by atoms with E-state index in [0.29, 0.717) is 37.3 Å². The minimum atomic E-state index is -0.843. The molecule has 0 unspecified atom stereocenters. The molecule has 2 heterocycles. The van der Waals surface area contributed by atoms with Gasteiger partial charge in [0.2, 0.25) is 0 Å². The highest BCUT2D eigenvalue weighted by atomic mass is 16.5. The van der Waals surface area contributed by atoms with E-state index in [0.717, 1.165) is 0 Å². The van der Waals surface area contributed by atoms with Crippen molar-refractivity contribution in [2.45, 2.75) is 25.4 Å². The largest absolute Gasteiger partial charge is 0.388 e. The summed E-state index contributed by atoms with van der Waals surface area (Å²) < 4.78 is 5.19. The van der Waals surface area contributed by atoms with E-state index >= 15 is 0 Å². The third-order valence-corrected chi connectivity index (χ3v) is 3.25. The van der Waals surface area contributed by atoms with Crippen molar-refractivity contribution in [3.8, 4) is 0 Å². The molecule has 1 aromatic heterocycles. The quantitative estimate of drug-likeness (QED) is 0.826. The van der Waals surface area contributed by atoms with Crippen LogP contribution in [0.1, 0.15) is 28.9 Å². The lowest BCUT2D eigenvalue weighted by molar-refractivity contribution is -0.0605. The van der Waals surface area contributed by atoms with E-state index in [-0.39, 0.29) is 12.5 Å². The molecule has 5 heteroatoms. The number of nitrogens with one attached hydrogen (secondary N) is 1. The van der Waals surface area contributed by atoms with Crippen LogP contribution >= 0.6 is 0 Å². The van der Waals surface area contributed by atoms with Crippen LogP contribution in [0.25, 0.3) is 0 Å². The van der Waals surface area contributed by atoms with Gasteiger partial charge in [0.25, 0.3) is 5.91 Å². The number of nitrogens with zero attached hydrogens (tertiary/aromatic N) is 1. The van der Waals surface area contributed by atoms with Gasteiger partial charge in [-0.1, -0.05) is 0 Å². The second-order valence-corrected chi connectivity index (χ2v) is 4.66. The van der Waals surface area contributed by atoms with Crippen molar-refractivity contribution in [1.82, 2.24) is 10.3 Å². The Morgan fingerprint density at radius 2 is 2.28 bits per heavy atom. The summed E-state index contributed by atoms with van der Waals surface area (Å²) in [5.74, 6) is -0.194. The lowest BCUT2D eigenvalue weighted by Crippen LogP contribution is -2.46. The van der Waals surface area contributed by atoms with Crippen molar-refractivity contribution in [1.29, 1.82) is 0 Å². The minimum absolute atomic E-state index is 0.194. The molecule has 1 amide bonds. The van der Waals surface area contributed by atoms with Crippen LogP contribution in [-0.4, -0.2) is 41.4 Å². The average Bonchev–Trinajstić information content (AvgIpc) is 2.38. The van der Waals surface area contributed by atoms with Crippen molar-refractivity contribution in [3.05, 3.63) is 29.6 Å². The number of hydrogen-bond donors (Lipinski definition) is 2. The summed E-state index contributed by atoms with van der Waals surface area (Å²) in [6, 6.07) is 3.46. The van der Waals surface area contributed by atoms with Crippen molar-refractivity contribution >= 4 is 5.91 Å². The SMILES string of the molecule is Cc1ncccc1C(=O)NCC1(O)CCOCC1. The summed E-state index contributed by atoms with van der Waals surface area (Å²) in [5.41, 5.74) is 0.395. The van der Waals surface area contributed by atoms with Crippen LogP contribution in [0.2, 0.25) is 0 Å². The topological polar surface area (TPSA) is 71.5 Å². The van der Waals surface area contributed by atoms with Crippen LogP contribution in [0.3, 0.4) is 0 Å². The van der Waals surface area contributed by atoms with E-state index in [1.54, 1.807) is 25.3 Å². The summed E-state index contributed by atoms with van der Waals surface area (Å²) >= 11 is 0. The Hall–Kier alpha value is -1.46. The predicted molar refractivity (Wildman–Crippen MR) is 66.3 cm³/mol. The van der Waals surface area contributed by atoms with E-state index in [4.69, 9.17) is 4.74 Å². The first-order valence-corrected chi connectivity index (χ1v) is 6.11. The Balaban J connectivity index is 1.94. The molecule has 1 aliphatic heterocycles. The molecule has 1 aliphatic rings. The summed E-state index contributed by atoms with van der Waals surface area (Å²) in [4.78, 5) is 16.0. The molecule has 0 radical (unpaired) electrons. The Kier molecular flexibility index (Phi) is 3.93. The lowest BCUT2D eigenvalue weighted by atomic mass is 9.94. The number of ether oxygens (including phenoxy) is 1.